The molecule has 0 fully saturated rings. The predicted octanol–water partition coefficient (Wildman–Crippen LogP) is 2.32. The van der Waals surface area contributed by atoms with Gasteiger partial charge in [-0.2, -0.15) is 10.4 Å². The summed E-state index contributed by atoms with van der Waals surface area (Å²) < 4.78 is 6.77. The number of esters is 1. The maximum atomic E-state index is 12.2. The Morgan fingerprint density at radius 3 is 2.44 bits per heavy atom. The Morgan fingerprint density at radius 1 is 1.15 bits per heavy atom. The summed E-state index contributed by atoms with van der Waals surface area (Å²) in [6.45, 7) is 1.49. The number of nitriles is 1. The van der Waals surface area contributed by atoms with E-state index in [2.05, 4.69) is 15.4 Å². The fourth-order valence-electron chi connectivity index (χ4n) is 2.25. The average molecular weight is 361 g/mol. The summed E-state index contributed by atoms with van der Waals surface area (Å²) >= 11 is 0. The Morgan fingerprint density at radius 2 is 1.85 bits per heavy atom. The summed E-state index contributed by atoms with van der Waals surface area (Å²) in [4.78, 5) is 28.3. The van der Waals surface area contributed by atoms with E-state index in [1.807, 2.05) is 6.07 Å². The zero-order valence-electron chi connectivity index (χ0n) is 14.4. The second-order valence-corrected chi connectivity index (χ2v) is 5.61. The van der Waals surface area contributed by atoms with Gasteiger partial charge >= 0.3 is 5.97 Å². The van der Waals surface area contributed by atoms with Crippen LogP contribution in [0.1, 0.15) is 22.8 Å². The van der Waals surface area contributed by atoms with Gasteiger partial charge in [0.05, 0.1) is 22.9 Å². The molecule has 2 aromatic carbocycles. The van der Waals surface area contributed by atoms with Gasteiger partial charge in [0.2, 0.25) is 0 Å². The number of nitrogens with one attached hydrogen (secondary N) is 1. The first-order valence-corrected chi connectivity index (χ1v) is 8.04. The number of carbonyl (C=O) groups excluding carboxylic acids is 2. The van der Waals surface area contributed by atoms with Gasteiger partial charge in [-0.05, 0) is 55.5 Å². The summed E-state index contributed by atoms with van der Waals surface area (Å²) in [6, 6.07) is 15.0. The van der Waals surface area contributed by atoms with E-state index in [1.165, 1.54) is 13.3 Å². The molecule has 0 unspecified atom stereocenters. The van der Waals surface area contributed by atoms with Crippen LogP contribution in [0.15, 0.2) is 61.2 Å². The number of rotatable bonds is 5. The van der Waals surface area contributed by atoms with Gasteiger partial charge in [-0.3, -0.25) is 4.79 Å². The van der Waals surface area contributed by atoms with Crippen LogP contribution in [0.25, 0.3) is 5.69 Å². The first kappa shape index (κ1) is 17.8. The van der Waals surface area contributed by atoms with Crippen LogP contribution >= 0.6 is 0 Å². The minimum Gasteiger partial charge on any atom is -0.449 e. The van der Waals surface area contributed by atoms with E-state index >= 15 is 0 Å². The number of hydrogen-bond donors (Lipinski definition) is 1. The third-order valence-electron chi connectivity index (χ3n) is 3.72. The maximum absolute atomic E-state index is 12.2. The van der Waals surface area contributed by atoms with Crippen molar-refractivity contribution in [2.24, 2.45) is 0 Å². The van der Waals surface area contributed by atoms with E-state index in [0.29, 0.717) is 16.8 Å². The normalized spacial score (nSPS) is 11.3. The average Bonchev–Trinajstić information content (AvgIpc) is 3.23. The minimum atomic E-state index is -0.983. The molecule has 0 aliphatic heterocycles. The van der Waals surface area contributed by atoms with Crippen molar-refractivity contribution in [2.75, 3.05) is 5.32 Å². The lowest BCUT2D eigenvalue weighted by atomic mass is 10.2. The van der Waals surface area contributed by atoms with Crippen LogP contribution < -0.4 is 5.32 Å². The Bertz CT molecular complexity index is 974. The van der Waals surface area contributed by atoms with Gasteiger partial charge < -0.3 is 10.1 Å². The number of nitrogens with zero attached hydrogens (tertiary/aromatic N) is 4. The number of benzene rings is 2. The van der Waals surface area contributed by atoms with E-state index in [9.17, 15) is 9.59 Å². The molecule has 1 amide bonds. The molecule has 0 aliphatic carbocycles. The molecular weight excluding hydrogens is 346 g/mol. The summed E-state index contributed by atoms with van der Waals surface area (Å²) in [5.74, 6) is -1.07. The molecule has 0 aliphatic rings. The van der Waals surface area contributed by atoms with Crippen molar-refractivity contribution in [3.8, 4) is 11.8 Å². The van der Waals surface area contributed by atoms with Crippen LogP contribution in [0.4, 0.5) is 5.69 Å². The molecule has 1 aromatic heterocycles. The molecule has 0 saturated heterocycles. The minimum absolute atomic E-state index is 0.317. The molecule has 1 N–H and O–H groups in total. The molecule has 8 nitrogen and oxygen atoms in total. The Balaban J connectivity index is 1.59. The number of aromatic nitrogens is 3. The summed E-state index contributed by atoms with van der Waals surface area (Å²) in [5, 5.41) is 15.4. The third-order valence-corrected chi connectivity index (χ3v) is 3.72. The standard InChI is InChI=1S/C19H15N5O3/c1-13(18(25)23-16-6-2-14(10-20)3-7-16)27-19(26)15-4-8-17(9-5-15)24-12-21-11-22-24/h2-9,11-13H,1H3,(H,23,25)/t13-/m0/s1. The van der Waals surface area contributed by atoms with Crippen molar-refractivity contribution in [1.29, 1.82) is 5.26 Å². The van der Waals surface area contributed by atoms with Crippen molar-refractivity contribution < 1.29 is 14.3 Å². The number of ether oxygens (including phenoxy) is 1. The smallest absolute Gasteiger partial charge is 0.338 e. The highest BCUT2D eigenvalue weighted by Gasteiger charge is 2.19. The zero-order valence-corrected chi connectivity index (χ0v) is 14.4. The molecular formula is C19H15N5O3. The molecule has 134 valence electrons. The van der Waals surface area contributed by atoms with Gasteiger partial charge in [-0.15, -0.1) is 0 Å². The van der Waals surface area contributed by atoms with Gasteiger partial charge in [0.1, 0.15) is 12.7 Å². The van der Waals surface area contributed by atoms with Gasteiger partial charge in [-0.1, -0.05) is 0 Å². The zero-order chi connectivity index (χ0) is 19.2. The van der Waals surface area contributed by atoms with Crippen molar-refractivity contribution >= 4 is 17.6 Å². The molecule has 1 atom stereocenters. The van der Waals surface area contributed by atoms with Gasteiger partial charge in [-0.25, -0.2) is 14.5 Å². The Kier molecular flexibility index (Phi) is 5.23. The third kappa shape index (κ3) is 4.35. The second-order valence-electron chi connectivity index (χ2n) is 5.61. The highest BCUT2D eigenvalue weighted by Crippen LogP contribution is 2.12. The number of hydrogen-bond acceptors (Lipinski definition) is 6. The highest BCUT2D eigenvalue weighted by molar-refractivity contribution is 5.97. The fourth-order valence-corrected chi connectivity index (χ4v) is 2.25. The molecule has 27 heavy (non-hydrogen) atoms. The fraction of sp³-hybridized carbons (Fsp3) is 0.105. The molecule has 0 bridgehead atoms. The largest absolute Gasteiger partial charge is 0.449 e. The van der Waals surface area contributed by atoms with E-state index < -0.39 is 18.0 Å². The van der Waals surface area contributed by atoms with E-state index in [4.69, 9.17) is 10.00 Å². The van der Waals surface area contributed by atoms with Crippen LogP contribution in [0.5, 0.6) is 0 Å². The molecule has 3 rings (SSSR count). The van der Waals surface area contributed by atoms with Crippen LogP contribution in [-0.2, 0) is 9.53 Å². The lowest BCUT2D eigenvalue weighted by Crippen LogP contribution is -2.30. The molecule has 1 heterocycles. The van der Waals surface area contributed by atoms with Gasteiger partial charge in [0.15, 0.2) is 6.10 Å². The summed E-state index contributed by atoms with van der Waals surface area (Å²) in [7, 11) is 0. The number of amides is 1. The Hall–Kier alpha value is -3.99. The van der Waals surface area contributed by atoms with Gasteiger partial charge in [0, 0.05) is 5.69 Å². The summed E-state index contributed by atoms with van der Waals surface area (Å²) in [5.41, 5.74) is 2.06. The summed E-state index contributed by atoms with van der Waals surface area (Å²) in [6.07, 6.45) is 1.97. The van der Waals surface area contributed by atoms with E-state index in [-0.39, 0.29) is 0 Å². The molecule has 3 aromatic rings. The molecule has 8 heteroatoms. The van der Waals surface area contributed by atoms with Crippen molar-refractivity contribution in [3.63, 3.8) is 0 Å². The van der Waals surface area contributed by atoms with E-state index in [1.54, 1.807) is 59.5 Å². The van der Waals surface area contributed by atoms with Crippen LogP contribution in [-0.4, -0.2) is 32.7 Å². The van der Waals surface area contributed by atoms with E-state index in [0.717, 1.165) is 5.69 Å². The van der Waals surface area contributed by atoms with Crippen LogP contribution in [0.3, 0.4) is 0 Å². The number of carbonyl (C=O) groups is 2. The first-order valence-electron chi connectivity index (χ1n) is 8.04. The van der Waals surface area contributed by atoms with Crippen LogP contribution in [0.2, 0.25) is 0 Å². The monoisotopic (exact) mass is 361 g/mol. The topological polar surface area (TPSA) is 110 Å². The molecule has 0 radical (unpaired) electrons. The predicted molar refractivity (Wildman–Crippen MR) is 96.0 cm³/mol. The SMILES string of the molecule is C[C@H](OC(=O)c1ccc(-n2cncn2)cc1)C(=O)Nc1ccc(C#N)cc1. The second kappa shape index (κ2) is 7.93. The molecule has 0 spiro atoms. The lowest BCUT2D eigenvalue weighted by Gasteiger charge is -2.13. The highest BCUT2D eigenvalue weighted by atomic mass is 16.5. The van der Waals surface area contributed by atoms with Crippen molar-refractivity contribution in [1.82, 2.24) is 14.8 Å². The maximum Gasteiger partial charge on any atom is 0.338 e. The lowest BCUT2D eigenvalue weighted by molar-refractivity contribution is -0.123. The van der Waals surface area contributed by atoms with Crippen molar-refractivity contribution in [3.05, 3.63) is 72.3 Å². The van der Waals surface area contributed by atoms with Crippen LogP contribution in [0, 0.1) is 11.3 Å². The number of anilines is 1. The quantitative estimate of drug-likeness (QED) is 0.698. The first-order chi connectivity index (χ1) is 13.1. The van der Waals surface area contributed by atoms with Gasteiger partial charge in [0.25, 0.3) is 5.91 Å². The van der Waals surface area contributed by atoms with Crippen molar-refractivity contribution in [2.45, 2.75) is 13.0 Å². The molecule has 0 saturated carbocycles. The Labute approximate surface area is 155 Å².